The maximum atomic E-state index is 14.8. The highest BCUT2D eigenvalue weighted by Crippen LogP contribution is 2.37. The third-order valence-corrected chi connectivity index (χ3v) is 6.55. The second-order valence-electron chi connectivity index (χ2n) is 8.46. The number of hydrogen-bond donors (Lipinski definition) is 2. The largest absolute Gasteiger partial charge is 0.466 e. The van der Waals surface area contributed by atoms with Crippen LogP contribution in [0.3, 0.4) is 0 Å². The molecule has 7 nitrogen and oxygen atoms in total. The number of pyridine rings is 1. The number of aromatic nitrogens is 1. The van der Waals surface area contributed by atoms with E-state index in [-0.39, 0.29) is 36.8 Å². The standard InChI is InChI=1S/C27H24BrF3N4O3/c1-38-27(37)23-22(15-35(9-10-36)14-16-5-3-2-4-6-16)33-26(25-21(31)12-18(30)13-32-25)34-24(23)19-8-7-17(29)11-20(19)28/h2-8,11-13,24,36H,9-10,14-15H2,1H3,(H,33,34). The van der Waals surface area contributed by atoms with Crippen LogP contribution in [0.25, 0.3) is 0 Å². The fourth-order valence-corrected chi connectivity index (χ4v) is 4.72. The average molecular weight is 589 g/mol. The molecule has 0 fully saturated rings. The topological polar surface area (TPSA) is 87.0 Å². The Labute approximate surface area is 225 Å². The number of aliphatic hydroxyl groups excluding tert-OH is 1. The lowest BCUT2D eigenvalue weighted by atomic mass is 9.95. The first-order valence-electron chi connectivity index (χ1n) is 11.6. The quantitative estimate of drug-likeness (QED) is 0.363. The second kappa shape index (κ2) is 12.3. The number of carbonyl (C=O) groups excluding carboxylic acids is 1. The molecule has 0 saturated carbocycles. The predicted molar refractivity (Wildman–Crippen MR) is 139 cm³/mol. The predicted octanol–water partition coefficient (Wildman–Crippen LogP) is 4.27. The zero-order valence-electron chi connectivity index (χ0n) is 20.3. The van der Waals surface area contributed by atoms with Crippen molar-refractivity contribution >= 4 is 27.7 Å². The van der Waals surface area contributed by atoms with Crippen molar-refractivity contribution in [3.63, 3.8) is 0 Å². The van der Waals surface area contributed by atoms with Gasteiger partial charge in [-0.05, 0) is 23.3 Å². The van der Waals surface area contributed by atoms with Gasteiger partial charge in [-0.2, -0.15) is 0 Å². The fourth-order valence-electron chi connectivity index (χ4n) is 4.15. The first-order valence-corrected chi connectivity index (χ1v) is 12.4. The van der Waals surface area contributed by atoms with Crippen LogP contribution in [-0.4, -0.2) is 53.6 Å². The number of nitrogens with zero attached hydrogens (tertiary/aromatic N) is 3. The molecule has 2 heterocycles. The average Bonchev–Trinajstić information content (AvgIpc) is 2.88. The smallest absolute Gasteiger partial charge is 0.338 e. The van der Waals surface area contributed by atoms with Crippen LogP contribution >= 0.6 is 15.9 Å². The summed E-state index contributed by atoms with van der Waals surface area (Å²) in [6.45, 7) is 0.642. The van der Waals surface area contributed by atoms with Crippen LogP contribution < -0.4 is 5.32 Å². The molecule has 1 aromatic heterocycles. The summed E-state index contributed by atoms with van der Waals surface area (Å²) in [7, 11) is 1.22. The van der Waals surface area contributed by atoms with Gasteiger partial charge in [-0.3, -0.25) is 9.89 Å². The summed E-state index contributed by atoms with van der Waals surface area (Å²) in [5.74, 6) is -3.07. The van der Waals surface area contributed by atoms with Gasteiger partial charge in [-0.25, -0.2) is 22.9 Å². The van der Waals surface area contributed by atoms with Gasteiger partial charge in [0.2, 0.25) is 0 Å². The molecule has 2 aromatic carbocycles. The van der Waals surface area contributed by atoms with Crippen molar-refractivity contribution in [1.82, 2.24) is 15.2 Å². The summed E-state index contributed by atoms with van der Waals surface area (Å²) < 4.78 is 47.7. The highest BCUT2D eigenvalue weighted by Gasteiger charge is 2.34. The Morgan fingerprint density at radius 3 is 2.53 bits per heavy atom. The highest BCUT2D eigenvalue weighted by atomic mass is 79.9. The number of aliphatic hydroxyl groups is 1. The number of rotatable bonds is 9. The number of aliphatic imine (C=N–C) groups is 1. The van der Waals surface area contributed by atoms with Gasteiger partial charge in [0.05, 0.1) is 25.5 Å². The molecule has 3 aromatic rings. The van der Waals surface area contributed by atoms with E-state index in [1.807, 2.05) is 35.2 Å². The SMILES string of the molecule is COC(=O)C1=C(CN(CCO)Cc2ccccc2)NC(c2ncc(F)cc2F)=NC1c1ccc(F)cc1Br. The Hall–Kier alpha value is -3.54. The van der Waals surface area contributed by atoms with Gasteiger partial charge >= 0.3 is 5.97 Å². The van der Waals surface area contributed by atoms with Crippen molar-refractivity contribution in [3.8, 4) is 0 Å². The third-order valence-electron chi connectivity index (χ3n) is 5.87. The molecule has 0 bridgehead atoms. The fraction of sp³-hybridized carbons (Fsp3) is 0.222. The van der Waals surface area contributed by atoms with Crippen molar-refractivity contribution in [3.05, 3.63) is 111 Å². The van der Waals surface area contributed by atoms with Gasteiger partial charge in [0.15, 0.2) is 11.7 Å². The summed E-state index contributed by atoms with van der Waals surface area (Å²) in [4.78, 5) is 23.4. The van der Waals surface area contributed by atoms with Crippen LogP contribution in [0, 0.1) is 17.5 Å². The molecule has 0 amide bonds. The number of halogens is 4. The lowest BCUT2D eigenvalue weighted by Crippen LogP contribution is -2.40. The van der Waals surface area contributed by atoms with Crippen LogP contribution in [0.5, 0.6) is 0 Å². The molecule has 0 aliphatic carbocycles. The van der Waals surface area contributed by atoms with E-state index in [4.69, 9.17) is 4.74 Å². The third kappa shape index (κ3) is 6.29. The number of hydrogen-bond acceptors (Lipinski definition) is 7. The van der Waals surface area contributed by atoms with Crippen LogP contribution in [-0.2, 0) is 16.1 Å². The number of benzene rings is 2. The minimum Gasteiger partial charge on any atom is -0.466 e. The molecular formula is C27H24BrF3N4O3. The molecule has 4 rings (SSSR count). The van der Waals surface area contributed by atoms with E-state index >= 15 is 0 Å². The number of carbonyl (C=O) groups is 1. The Morgan fingerprint density at radius 1 is 1.11 bits per heavy atom. The minimum atomic E-state index is -1.04. The molecule has 38 heavy (non-hydrogen) atoms. The van der Waals surface area contributed by atoms with Crippen molar-refractivity contribution in [2.24, 2.45) is 4.99 Å². The van der Waals surface area contributed by atoms with Crippen molar-refractivity contribution in [1.29, 1.82) is 0 Å². The summed E-state index contributed by atoms with van der Waals surface area (Å²) in [5, 5.41) is 12.7. The molecule has 11 heteroatoms. The van der Waals surface area contributed by atoms with Crippen molar-refractivity contribution in [2.45, 2.75) is 12.6 Å². The minimum absolute atomic E-state index is 0.0463. The van der Waals surface area contributed by atoms with E-state index in [1.54, 1.807) is 0 Å². The Morgan fingerprint density at radius 2 is 1.87 bits per heavy atom. The first-order chi connectivity index (χ1) is 18.3. The van der Waals surface area contributed by atoms with E-state index in [2.05, 4.69) is 31.2 Å². The molecule has 0 spiro atoms. The van der Waals surface area contributed by atoms with Gasteiger partial charge in [-0.1, -0.05) is 52.3 Å². The zero-order chi connectivity index (χ0) is 27.2. The van der Waals surface area contributed by atoms with E-state index in [9.17, 15) is 23.1 Å². The summed E-state index contributed by atoms with van der Waals surface area (Å²) in [6.07, 6.45) is 0.859. The molecule has 198 valence electrons. The molecule has 2 N–H and O–H groups in total. The summed E-state index contributed by atoms with van der Waals surface area (Å²) in [6, 6.07) is 13.1. The maximum Gasteiger partial charge on any atom is 0.338 e. The Balaban J connectivity index is 1.84. The summed E-state index contributed by atoms with van der Waals surface area (Å²) in [5.41, 5.74) is 1.56. The lowest BCUT2D eigenvalue weighted by Gasteiger charge is -2.31. The normalized spacial score (nSPS) is 15.3. The lowest BCUT2D eigenvalue weighted by molar-refractivity contribution is -0.136. The Bertz CT molecular complexity index is 1390. The molecule has 1 aliphatic heterocycles. The van der Waals surface area contributed by atoms with Gasteiger partial charge in [0.25, 0.3) is 0 Å². The molecule has 0 radical (unpaired) electrons. The Kier molecular flexibility index (Phi) is 8.93. The van der Waals surface area contributed by atoms with Crippen LogP contribution in [0.15, 0.2) is 81.5 Å². The number of ether oxygens (including phenoxy) is 1. The number of methoxy groups -OCH3 is 1. The van der Waals surface area contributed by atoms with Crippen molar-refractivity contribution in [2.75, 3.05) is 26.8 Å². The maximum absolute atomic E-state index is 14.8. The molecule has 1 unspecified atom stereocenters. The van der Waals surface area contributed by atoms with E-state index < -0.39 is 29.5 Å². The number of amidine groups is 1. The van der Waals surface area contributed by atoms with Crippen LogP contribution in [0.1, 0.15) is 22.9 Å². The number of esters is 1. The van der Waals surface area contributed by atoms with Crippen molar-refractivity contribution < 1.29 is 27.8 Å². The van der Waals surface area contributed by atoms with Crippen LogP contribution in [0.4, 0.5) is 13.2 Å². The molecule has 1 atom stereocenters. The monoisotopic (exact) mass is 588 g/mol. The highest BCUT2D eigenvalue weighted by molar-refractivity contribution is 9.10. The molecular weight excluding hydrogens is 565 g/mol. The van der Waals surface area contributed by atoms with E-state index in [1.165, 1.54) is 25.3 Å². The first kappa shape index (κ1) is 27.5. The van der Waals surface area contributed by atoms with Crippen LogP contribution in [0.2, 0.25) is 0 Å². The second-order valence-corrected chi connectivity index (χ2v) is 9.31. The van der Waals surface area contributed by atoms with Gasteiger partial charge < -0.3 is 15.2 Å². The van der Waals surface area contributed by atoms with Gasteiger partial charge in [0.1, 0.15) is 23.4 Å². The number of nitrogens with one attached hydrogen (secondary N) is 1. The van der Waals surface area contributed by atoms with Gasteiger partial charge in [0, 0.05) is 35.9 Å². The zero-order valence-corrected chi connectivity index (χ0v) is 21.9. The van der Waals surface area contributed by atoms with Gasteiger partial charge in [-0.15, -0.1) is 0 Å². The summed E-state index contributed by atoms with van der Waals surface area (Å²) >= 11 is 3.33. The van der Waals surface area contributed by atoms with E-state index in [0.29, 0.717) is 28.3 Å². The molecule has 1 aliphatic rings. The van der Waals surface area contributed by atoms with E-state index in [0.717, 1.165) is 11.8 Å². The molecule has 0 saturated heterocycles.